The van der Waals surface area contributed by atoms with Crippen LogP contribution in [0.2, 0.25) is 0 Å². The molecular weight excluding hydrogens is 544 g/mol. The molecule has 44 heavy (non-hydrogen) atoms. The Morgan fingerprint density at radius 1 is 0.364 bits per heavy atom. The first-order chi connectivity index (χ1) is 20.1. The van der Waals surface area contributed by atoms with Crippen molar-refractivity contribution in [2.24, 2.45) is 0 Å². The highest BCUT2D eigenvalue weighted by molar-refractivity contribution is 5.50. The third-order valence-electron chi connectivity index (χ3n) is 8.89. The predicted octanol–water partition coefficient (Wildman–Crippen LogP) is 10.1. The Morgan fingerprint density at radius 2 is 0.614 bits per heavy atom. The normalized spacial score (nSPS) is 12.5. The van der Waals surface area contributed by atoms with Crippen molar-refractivity contribution in [2.45, 2.75) is 105 Å². The van der Waals surface area contributed by atoms with E-state index in [-0.39, 0.29) is 21.7 Å². The summed E-state index contributed by atoms with van der Waals surface area (Å²) >= 11 is 0. The van der Waals surface area contributed by atoms with Crippen LogP contribution >= 0.6 is 0 Å². The van der Waals surface area contributed by atoms with Crippen molar-refractivity contribution in [1.82, 2.24) is 0 Å². The maximum atomic E-state index is 10.3. The first kappa shape index (κ1) is 34.6. The number of hydrogen-bond acceptors (Lipinski definition) is 4. The molecule has 0 aliphatic heterocycles. The van der Waals surface area contributed by atoms with Crippen LogP contribution in [0.3, 0.4) is 0 Å². The van der Waals surface area contributed by atoms with Crippen LogP contribution in [0.25, 0.3) is 0 Å². The molecule has 0 bridgehead atoms. The molecule has 4 aromatic rings. The molecule has 0 saturated carbocycles. The standard InChI is InChI=1S/C23H32O2.C17H20O2/c1-21(2,3)17-13-15(9-11-19(17)24)23(7,8)16-10-12-20(25)18(14-16)22(4,5)6;1-11-9-13(5-7-15(11)18)17(3,4)14-6-8-16(19)12(2)10-14/h9-14,24-25H,1-8H3;5-10,18-19H,1-4H3. The summed E-state index contributed by atoms with van der Waals surface area (Å²) < 4.78 is 0. The number of aromatic hydroxyl groups is 4. The Kier molecular flexibility index (Phi) is 9.61. The first-order valence-electron chi connectivity index (χ1n) is 15.3. The molecule has 0 radical (unpaired) electrons. The molecule has 0 saturated heterocycles. The molecule has 0 heterocycles. The van der Waals surface area contributed by atoms with Gasteiger partial charge in [0.05, 0.1) is 0 Å². The van der Waals surface area contributed by atoms with E-state index in [9.17, 15) is 20.4 Å². The maximum absolute atomic E-state index is 10.3. The van der Waals surface area contributed by atoms with Crippen LogP contribution in [-0.2, 0) is 21.7 Å². The summed E-state index contributed by atoms with van der Waals surface area (Å²) in [5.41, 5.74) is 7.60. The van der Waals surface area contributed by atoms with E-state index in [1.165, 1.54) is 0 Å². The first-order valence-corrected chi connectivity index (χ1v) is 15.3. The van der Waals surface area contributed by atoms with E-state index in [1.54, 1.807) is 24.3 Å². The monoisotopic (exact) mass is 596 g/mol. The molecule has 4 heteroatoms. The average molecular weight is 597 g/mol. The summed E-state index contributed by atoms with van der Waals surface area (Å²) in [6.07, 6.45) is 0. The van der Waals surface area contributed by atoms with Crippen LogP contribution in [0.15, 0.2) is 72.8 Å². The topological polar surface area (TPSA) is 80.9 Å². The van der Waals surface area contributed by atoms with E-state index in [0.29, 0.717) is 23.0 Å². The highest BCUT2D eigenvalue weighted by atomic mass is 16.3. The van der Waals surface area contributed by atoms with Crippen molar-refractivity contribution >= 4 is 0 Å². The second-order valence-electron chi connectivity index (χ2n) is 15.2. The Morgan fingerprint density at radius 3 is 0.864 bits per heavy atom. The number of hydrogen-bond donors (Lipinski definition) is 4. The lowest BCUT2D eigenvalue weighted by atomic mass is 9.73. The van der Waals surface area contributed by atoms with Gasteiger partial charge in [0.2, 0.25) is 0 Å². The van der Waals surface area contributed by atoms with Gasteiger partial charge in [-0.3, -0.25) is 0 Å². The third kappa shape index (κ3) is 7.41. The number of phenolic OH excluding ortho intramolecular Hbond substituents is 4. The Hall–Kier alpha value is -3.92. The van der Waals surface area contributed by atoms with Gasteiger partial charge in [0.25, 0.3) is 0 Å². The summed E-state index contributed by atoms with van der Waals surface area (Å²) in [7, 11) is 0. The molecular formula is C40H52O4. The van der Waals surface area contributed by atoms with Gasteiger partial charge in [-0.15, -0.1) is 0 Å². The van der Waals surface area contributed by atoms with E-state index in [0.717, 1.165) is 44.5 Å². The van der Waals surface area contributed by atoms with E-state index in [1.807, 2.05) is 50.2 Å². The molecule has 4 rings (SSSR count). The fourth-order valence-electron chi connectivity index (χ4n) is 5.47. The molecule has 0 atom stereocenters. The van der Waals surface area contributed by atoms with Crippen LogP contribution in [0.4, 0.5) is 0 Å². The molecule has 0 spiro atoms. The molecule has 0 aliphatic carbocycles. The van der Waals surface area contributed by atoms with E-state index in [2.05, 4.69) is 81.4 Å². The smallest absolute Gasteiger partial charge is 0.119 e. The van der Waals surface area contributed by atoms with Crippen molar-refractivity contribution < 1.29 is 20.4 Å². The van der Waals surface area contributed by atoms with Crippen LogP contribution < -0.4 is 0 Å². The van der Waals surface area contributed by atoms with Gasteiger partial charge in [0.15, 0.2) is 0 Å². The van der Waals surface area contributed by atoms with Gasteiger partial charge in [0, 0.05) is 10.8 Å². The van der Waals surface area contributed by atoms with Crippen molar-refractivity contribution in [3.63, 3.8) is 0 Å². The highest BCUT2D eigenvalue weighted by Gasteiger charge is 2.29. The SMILES string of the molecule is CC(C)(C)c1cc(C(C)(C)c2ccc(O)c(C(C)(C)C)c2)ccc1O.Cc1cc(C(C)(C)c2ccc(O)c(C)c2)ccc1O. The van der Waals surface area contributed by atoms with Crippen molar-refractivity contribution in [2.75, 3.05) is 0 Å². The molecule has 0 amide bonds. The van der Waals surface area contributed by atoms with Gasteiger partial charge < -0.3 is 20.4 Å². The summed E-state index contributed by atoms with van der Waals surface area (Å²) in [4.78, 5) is 0. The predicted molar refractivity (Wildman–Crippen MR) is 184 cm³/mol. The van der Waals surface area contributed by atoms with Gasteiger partial charge in [-0.25, -0.2) is 0 Å². The van der Waals surface area contributed by atoms with Crippen LogP contribution in [0, 0.1) is 13.8 Å². The fraction of sp³-hybridized carbons (Fsp3) is 0.400. The van der Waals surface area contributed by atoms with Crippen LogP contribution in [-0.4, -0.2) is 20.4 Å². The summed E-state index contributed by atoms with van der Waals surface area (Å²) in [6.45, 7) is 25.1. The van der Waals surface area contributed by atoms with Gasteiger partial charge in [-0.2, -0.15) is 0 Å². The van der Waals surface area contributed by atoms with Crippen molar-refractivity contribution in [3.8, 4) is 23.0 Å². The second-order valence-corrected chi connectivity index (χ2v) is 15.2. The quantitative estimate of drug-likeness (QED) is 0.189. The molecule has 0 aliphatic rings. The summed E-state index contributed by atoms with van der Waals surface area (Å²) in [5, 5.41) is 39.8. The molecule has 0 unspecified atom stereocenters. The van der Waals surface area contributed by atoms with E-state index >= 15 is 0 Å². The Bertz CT molecular complexity index is 1510. The molecule has 236 valence electrons. The highest BCUT2D eigenvalue weighted by Crippen LogP contribution is 2.41. The number of rotatable bonds is 4. The number of phenols is 4. The minimum atomic E-state index is -0.235. The lowest BCUT2D eigenvalue weighted by molar-refractivity contribution is 0.444. The fourth-order valence-corrected chi connectivity index (χ4v) is 5.47. The van der Waals surface area contributed by atoms with Gasteiger partial charge >= 0.3 is 0 Å². The molecule has 4 aromatic carbocycles. The zero-order valence-corrected chi connectivity index (χ0v) is 28.7. The average Bonchev–Trinajstić information content (AvgIpc) is 2.91. The third-order valence-corrected chi connectivity index (χ3v) is 8.89. The number of aryl methyl sites for hydroxylation is 2. The lowest BCUT2D eigenvalue weighted by Crippen LogP contribution is -2.22. The van der Waals surface area contributed by atoms with Gasteiger partial charge in [0.1, 0.15) is 23.0 Å². The van der Waals surface area contributed by atoms with E-state index in [4.69, 9.17) is 0 Å². The van der Waals surface area contributed by atoms with Crippen LogP contribution in [0.1, 0.15) is 114 Å². The van der Waals surface area contributed by atoms with Gasteiger partial charge in [-0.05, 0) is 93.5 Å². The van der Waals surface area contributed by atoms with Crippen LogP contribution in [0.5, 0.6) is 23.0 Å². The van der Waals surface area contributed by atoms with Crippen molar-refractivity contribution in [3.05, 3.63) is 117 Å². The van der Waals surface area contributed by atoms with Crippen molar-refractivity contribution in [1.29, 1.82) is 0 Å². The Balaban J connectivity index is 0.000000249. The zero-order chi connectivity index (χ0) is 33.4. The largest absolute Gasteiger partial charge is 0.508 e. The molecule has 4 N–H and O–H groups in total. The van der Waals surface area contributed by atoms with E-state index < -0.39 is 0 Å². The van der Waals surface area contributed by atoms with Gasteiger partial charge in [-0.1, -0.05) is 118 Å². The summed E-state index contributed by atoms with van der Waals surface area (Å²) in [6, 6.07) is 23.2. The minimum absolute atomic E-state index is 0.123. The minimum Gasteiger partial charge on any atom is -0.508 e. The lowest BCUT2D eigenvalue weighted by Gasteiger charge is -2.31. The Labute approximate surface area is 265 Å². The maximum Gasteiger partial charge on any atom is 0.119 e. The molecule has 4 nitrogen and oxygen atoms in total. The second kappa shape index (κ2) is 12.2. The zero-order valence-electron chi connectivity index (χ0n) is 28.7. The summed E-state index contributed by atoms with van der Waals surface area (Å²) in [5.74, 6) is 1.32. The number of benzene rings is 4. The molecule has 0 fully saturated rings. The molecule has 0 aromatic heterocycles.